The molecule has 6 rings (SSSR count). The number of esters is 2. The zero-order valence-electron chi connectivity index (χ0n) is 10.7. The van der Waals surface area contributed by atoms with Crippen molar-refractivity contribution in [2.24, 2.45) is 34.5 Å². The number of cyclic esters (lactones) is 2. The number of ether oxygens (including phenoxy) is 1. The molecule has 0 aromatic rings. The number of allylic oxidation sites excluding steroid dienone is 4. The topological polar surface area (TPSA) is 43.4 Å². The Morgan fingerprint density at radius 2 is 1.37 bits per heavy atom. The normalized spacial score (nSPS) is 56.2. The van der Waals surface area contributed by atoms with Crippen LogP contribution in [0.15, 0.2) is 24.3 Å². The van der Waals surface area contributed by atoms with Crippen LogP contribution in [-0.4, -0.2) is 11.9 Å². The molecule has 19 heavy (non-hydrogen) atoms. The maximum atomic E-state index is 12.1. The van der Waals surface area contributed by atoms with Crippen molar-refractivity contribution in [1.82, 2.24) is 0 Å². The fraction of sp³-hybridized carbons (Fsp3) is 0.625. The quantitative estimate of drug-likeness (QED) is 0.379. The Bertz CT molecular complexity index is 527. The van der Waals surface area contributed by atoms with Gasteiger partial charge in [0.2, 0.25) is 0 Å². The third-order valence-electron chi connectivity index (χ3n) is 6.60. The largest absolute Gasteiger partial charge is 0.393 e. The SMILES string of the molecule is O=C1OC(=O)[C@@H]2[C@@H]1[C@H]1C=C[C@H]2[C@]23C=C[C@@]12CCCC3. The van der Waals surface area contributed by atoms with Crippen LogP contribution >= 0.6 is 0 Å². The van der Waals surface area contributed by atoms with Gasteiger partial charge in [-0.1, -0.05) is 37.1 Å². The molecule has 0 N–H and O–H groups in total. The van der Waals surface area contributed by atoms with Crippen LogP contribution in [0.2, 0.25) is 0 Å². The molecule has 2 saturated carbocycles. The van der Waals surface area contributed by atoms with Gasteiger partial charge in [0.15, 0.2) is 0 Å². The average Bonchev–Trinajstić information content (AvgIpc) is 2.69. The molecule has 3 fully saturated rings. The van der Waals surface area contributed by atoms with Crippen molar-refractivity contribution < 1.29 is 14.3 Å². The maximum absolute atomic E-state index is 12.1. The van der Waals surface area contributed by atoms with Gasteiger partial charge >= 0.3 is 11.9 Å². The van der Waals surface area contributed by atoms with E-state index in [4.69, 9.17) is 4.74 Å². The first kappa shape index (κ1) is 10.4. The summed E-state index contributed by atoms with van der Waals surface area (Å²) in [6, 6.07) is 0. The number of hydrogen-bond donors (Lipinski definition) is 0. The lowest BCUT2D eigenvalue weighted by molar-refractivity contribution is -0.154. The molecule has 2 bridgehead atoms. The van der Waals surface area contributed by atoms with E-state index in [1.54, 1.807) is 0 Å². The molecule has 5 aliphatic carbocycles. The van der Waals surface area contributed by atoms with Crippen LogP contribution in [0.5, 0.6) is 0 Å². The van der Waals surface area contributed by atoms with E-state index in [-0.39, 0.29) is 46.4 Å². The number of carbonyl (C=O) groups is 2. The van der Waals surface area contributed by atoms with Crippen LogP contribution in [0.4, 0.5) is 0 Å². The van der Waals surface area contributed by atoms with Crippen LogP contribution < -0.4 is 0 Å². The summed E-state index contributed by atoms with van der Waals surface area (Å²) in [7, 11) is 0. The van der Waals surface area contributed by atoms with E-state index in [0.29, 0.717) is 0 Å². The van der Waals surface area contributed by atoms with E-state index in [0.717, 1.165) is 0 Å². The van der Waals surface area contributed by atoms with Gasteiger partial charge in [-0.2, -0.15) is 0 Å². The summed E-state index contributed by atoms with van der Waals surface area (Å²) in [5, 5.41) is 0. The van der Waals surface area contributed by atoms with Crippen LogP contribution in [0, 0.1) is 34.5 Å². The maximum Gasteiger partial charge on any atom is 0.318 e. The smallest absolute Gasteiger partial charge is 0.318 e. The number of carbonyl (C=O) groups excluding carboxylic acids is 2. The lowest BCUT2D eigenvalue weighted by Gasteiger charge is -2.69. The highest BCUT2D eigenvalue weighted by Crippen LogP contribution is 2.75. The predicted molar refractivity (Wildman–Crippen MR) is 66.7 cm³/mol. The Hall–Kier alpha value is -1.38. The molecule has 1 aliphatic heterocycles. The van der Waals surface area contributed by atoms with Crippen LogP contribution in [-0.2, 0) is 14.3 Å². The van der Waals surface area contributed by atoms with Crippen molar-refractivity contribution in [2.75, 3.05) is 0 Å². The Morgan fingerprint density at radius 1 is 0.895 bits per heavy atom. The second kappa shape index (κ2) is 2.87. The Balaban J connectivity index is 1.75. The van der Waals surface area contributed by atoms with Gasteiger partial charge in [0, 0.05) is 22.7 Å². The van der Waals surface area contributed by atoms with Gasteiger partial charge in [0.25, 0.3) is 0 Å². The van der Waals surface area contributed by atoms with Gasteiger partial charge in [-0.25, -0.2) is 0 Å². The van der Waals surface area contributed by atoms with Crippen molar-refractivity contribution in [3.63, 3.8) is 0 Å². The van der Waals surface area contributed by atoms with Crippen molar-refractivity contribution in [3.05, 3.63) is 24.3 Å². The van der Waals surface area contributed by atoms with E-state index >= 15 is 0 Å². The van der Waals surface area contributed by atoms with Crippen LogP contribution in [0.1, 0.15) is 25.7 Å². The molecule has 3 heteroatoms. The summed E-state index contributed by atoms with van der Waals surface area (Å²) < 4.78 is 4.97. The van der Waals surface area contributed by atoms with E-state index in [1.807, 2.05) is 0 Å². The van der Waals surface area contributed by atoms with Gasteiger partial charge in [-0.05, 0) is 12.8 Å². The zero-order chi connectivity index (χ0) is 12.8. The van der Waals surface area contributed by atoms with Crippen molar-refractivity contribution in [1.29, 1.82) is 0 Å². The minimum Gasteiger partial charge on any atom is -0.393 e. The average molecular weight is 256 g/mol. The van der Waals surface area contributed by atoms with Gasteiger partial charge < -0.3 is 4.74 Å². The Labute approximate surface area is 111 Å². The fourth-order valence-corrected chi connectivity index (χ4v) is 5.89. The molecule has 98 valence electrons. The number of hydrogen-bond acceptors (Lipinski definition) is 3. The summed E-state index contributed by atoms with van der Waals surface area (Å²) in [6.07, 6.45) is 13.9. The van der Waals surface area contributed by atoms with Gasteiger partial charge in [0.05, 0.1) is 11.8 Å². The molecule has 6 atom stereocenters. The second-order valence-corrected chi connectivity index (χ2v) is 6.85. The lowest BCUT2D eigenvalue weighted by Crippen LogP contribution is -2.66. The summed E-state index contributed by atoms with van der Waals surface area (Å²) in [5.41, 5.74) is 0.297. The molecule has 0 spiro atoms. The zero-order valence-corrected chi connectivity index (χ0v) is 10.7. The van der Waals surface area contributed by atoms with Crippen LogP contribution in [0.25, 0.3) is 0 Å². The summed E-state index contributed by atoms with van der Waals surface area (Å²) in [5.74, 6) is -0.595. The Morgan fingerprint density at radius 3 is 1.79 bits per heavy atom. The third-order valence-corrected chi connectivity index (χ3v) is 6.60. The molecule has 1 heterocycles. The van der Waals surface area contributed by atoms with Crippen LogP contribution in [0.3, 0.4) is 0 Å². The van der Waals surface area contributed by atoms with Gasteiger partial charge in [-0.3, -0.25) is 9.59 Å². The molecule has 0 aromatic carbocycles. The van der Waals surface area contributed by atoms with E-state index in [2.05, 4.69) is 24.3 Å². The third kappa shape index (κ3) is 0.851. The molecule has 0 amide bonds. The van der Waals surface area contributed by atoms with Crippen molar-refractivity contribution >= 4 is 11.9 Å². The predicted octanol–water partition coefficient (Wildman–Crippen LogP) is 2.23. The minimum absolute atomic E-state index is 0.148. The molecule has 6 aliphatic rings. The van der Waals surface area contributed by atoms with Gasteiger partial charge in [-0.15, -0.1) is 0 Å². The first-order chi connectivity index (χ1) is 9.20. The van der Waals surface area contributed by atoms with Gasteiger partial charge in [0.1, 0.15) is 0 Å². The first-order valence-electron chi connectivity index (χ1n) is 7.34. The molecular formula is C16H16O3. The lowest BCUT2D eigenvalue weighted by atomic mass is 9.32. The first-order valence-corrected chi connectivity index (χ1v) is 7.34. The molecule has 3 nitrogen and oxygen atoms in total. The van der Waals surface area contributed by atoms with E-state index < -0.39 is 0 Å². The monoisotopic (exact) mass is 256 g/mol. The summed E-state index contributed by atoms with van der Waals surface area (Å²) in [6.45, 7) is 0. The van der Waals surface area contributed by atoms with Crippen molar-refractivity contribution in [3.8, 4) is 0 Å². The minimum atomic E-state index is -0.275. The summed E-state index contributed by atoms with van der Waals surface area (Å²) >= 11 is 0. The number of rotatable bonds is 0. The highest BCUT2D eigenvalue weighted by molar-refractivity contribution is 5.98. The van der Waals surface area contributed by atoms with E-state index in [1.165, 1.54) is 25.7 Å². The molecular weight excluding hydrogens is 240 g/mol. The standard InChI is InChI=1S/C16H16O3/c17-13-11-9-3-4-10(12(11)14(18)19-13)16-6-2-1-5-15(9,16)7-8-16/h3-4,7-12H,1-2,5-6H2/t9-,10-,11+,12+,15+,16+/m1/s1. The highest BCUT2D eigenvalue weighted by Gasteiger charge is 2.74. The van der Waals surface area contributed by atoms with E-state index in [9.17, 15) is 9.59 Å². The molecule has 0 radical (unpaired) electrons. The van der Waals surface area contributed by atoms with Crippen molar-refractivity contribution in [2.45, 2.75) is 25.7 Å². The second-order valence-electron chi connectivity index (χ2n) is 6.85. The highest BCUT2D eigenvalue weighted by atomic mass is 16.6. The molecule has 1 saturated heterocycles. The Kier molecular flexibility index (Phi) is 1.57. The summed E-state index contributed by atoms with van der Waals surface area (Å²) in [4.78, 5) is 24.1. The molecule has 0 unspecified atom stereocenters. The fourth-order valence-electron chi connectivity index (χ4n) is 5.89. The molecule has 0 aromatic heterocycles.